The summed E-state index contributed by atoms with van der Waals surface area (Å²) in [5.74, 6) is 0. The Balaban J connectivity index is 2.41. The molecule has 23 heavy (non-hydrogen) atoms. The van der Waals surface area contributed by atoms with E-state index in [1.54, 1.807) is 22.0 Å². The van der Waals surface area contributed by atoms with Crippen LogP contribution in [0.4, 0.5) is 0 Å². The quantitative estimate of drug-likeness (QED) is 0.543. The summed E-state index contributed by atoms with van der Waals surface area (Å²) in [4.78, 5) is 18.1. The van der Waals surface area contributed by atoms with Crippen LogP contribution in [0.1, 0.15) is 16.0 Å². The number of H-pyrrole nitrogens is 1. The van der Waals surface area contributed by atoms with Crippen LogP contribution >= 0.6 is 23.6 Å². The fraction of sp³-hybridized carbons (Fsp3) is 0.222. The summed E-state index contributed by atoms with van der Waals surface area (Å²) in [5.41, 5.74) is 4.49. The van der Waals surface area contributed by atoms with Crippen LogP contribution < -0.4 is 5.56 Å². The Labute approximate surface area is 143 Å². The third-order valence-corrected chi connectivity index (χ3v) is 5.46. The van der Waals surface area contributed by atoms with E-state index >= 15 is 0 Å². The van der Waals surface area contributed by atoms with Gasteiger partial charge in [-0.05, 0) is 49.7 Å². The molecule has 2 aromatic heterocycles. The molecule has 118 valence electrons. The zero-order valence-corrected chi connectivity index (χ0v) is 15.0. The van der Waals surface area contributed by atoms with Gasteiger partial charge in [-0.3, -0.25) is 9.36 Å². The van der Waals surface area contributed by atoms with Crippen molar-refractivity contribution in [3.8, 4) is 11.1 Å². The van der Waals surface area contributed by atoms with Crippen LogP contribution in [0, 0.1) is 25.5 Å². The first-order chi connectivity index (χ1) is 10.9. The van der Waals surface area contributed by atoms with Gasteiger partial charge in [-0.15, -0.1) is 17.9 Å². The van der Waals surface area contributed by atoms with Gasteiger partial charge in [-0.25, -0.2) is 0 Å². The number of thiophene rings is 1. The predicted molar refractivity (Wildman–Crippen MR) is 101 cm³/mol. The average Bonchev–Trinajstić information content (AvgIpc) is 2.82. The molecule has 0 amide bonds. The average molecular weight is 342 g/mol. The highest BCUT2D eigenvalue weighted by Gasteiger charge is 2.17. The maximum absolute atomic E-state index is 12.9. The number of fused-ring (bicyclic) bond motifs is 1. The van der Waals surface area contributed by atoms with Crippen LogP contribution in [0.2, 0.25) is 0 Å². The molecule has 0 saturated heterocycles. The minimum absolute atomic E-state index is 0.0544. The van der Waals surface area contributed by atoms with Gasteiger partial charge >= 0.3 is 0 Å². The lowest BCUT2D eigenvalue weighted by Gasteiger charge is -2.07. The number of hydrogen-bond acceptors (Lipinski definition) is 3. The van der Waals surface area contributed by atoms with E-state index in [2.05, 4.69) is 43.6 Å². The first-order valence-electron chi connectivity index (χ1n) is 7.38. The largest absolute Gasteiger partial charge is 0.323 e. The van der Waals surface area contributed by atoms with Gasteiger partial charge in [0.05, 0.1) is 5.39 Å². The van der Waals surface area contributed by atoms with E-state index in [-0.39, 0.29) is 5.56 Å². The molecule has 1 N–H and O–H groups in total. The molecule has 3 rings (SSSR count). The fourth-order valence-corrected chi connectivity index (χ4v) is 4.16. The number of aromatic amines is 1. The van der Waals surface area contributed by atoms with Crippen molar-refractivity contribution in [3.63, 3.8) is 0 Å². The van der Waals surface area contributed by atoms with Gasteiger partial charge in [0, 0.05) is 17.0 Å². The molecule has 0 atom stereocenters. The number of nitrogens with one attached hydrogen (secondary N) is 1. The minimum Gasteiger partial charge on any atom is -0.323 e. The van der Waals surface area contributed by atoms with E-state index in [9.17, 15) is 4.79 Å². The van der Waals surface area contributed by atoms with Crippen molar-refractivity contribution < 1.29 is 0 Å². The molecule has 2 heterocycles. The lowest BCUT2D eigenvalue weighted by Crippen LogP contribution is -2.21. The van der Waals surface area contributed by atoms with Gasteiger partial charge < -0.3 is 4.98 Å². The van der Waals surface area contributed by atoms with Gasteiger partial charge in [0.1, 0.15) is 4.83 Å². The SMILES string of the molecule is C=CCn1c(=S)[nH]c2sc(C)c(-c3ccc(C)c(C)c3)c2c1=O. The molecule has 0 radical (unpaired) electrons. The van der Waals surface area contributed by atoms with Crippen molar-refractivity contribution in [2.45, 2.75) is 27.3 Å². The molecule has 0 unspecified atom stereocenters. The van der Waals surface area contributed by atoms with Crippen LogP contribution in [0.5, 0.6) is 0 Å². The monoisotopic (exact) mass is 342 g/mol. The van der Waals surface area contributed by atoms with Crippen molar-refractivity contribution in [3.05, 3.63) is 62.0 Å². The number of benzene rings is 1. The number of aryl methyl sites for hydroxylation is 3. The number of nitrogens with zero attached hydrogens (tertiary/aromatic N) is 1. The van der Waals surface area contributed by atoms with Crippen molar-refractivity contribution in [1.82, 2.24) is 9.55 Å². The lowest BCUT2D eigenvalue weighted by atomic mass is 9.99. The molecule has 0 aliphatic heterocycles. The fourth-order valence-electron chi connectivity index (χ4n) is 2.77. The zero-order valence-electron chi connectivity index (χ0n) is 13.4. The smallest absolute Gasteiger partial charge is 0.263 e. The Morgan fingerprint density at radius 2 is 2.04 bits per heavy atom. The van der Waals surface area contributed by atoms with E-state index < -0.39 is 0 Å². The molecule has 3 nitrogen and oxygen atoms in total. The third kappa shape index (κ3) is 2.60. The maximum atomic E-state index is 12.9. The molecular weight excluding hydrogens is 324 g/mol. The van der Waals surface area contributed by atoms with Crippen molar-refractivity contribution in [2.75, 3.05) is 0 Å². The topological polar surface area (TPSA) is 37.8 Å². The van der Waals surface area contributed by atoms with E-state index in [0.29, 0.717) is 16.7 Å². The van der Waals surface area contributed by atoms with Crippen LogP contribution in [0.15, 0.2) is 35.6 Å². The molecule has 1 aromatic carbocycles. The summed E-state index contributed by atoms with van der Waals surface area (Å²) < 4.78 is 2.00. The molecule has 0 aliphatic rings. The molecule has 3 aromatic rings. The third-order valence-electron chi connectivity index (χ3n) is 4.12. The number of hydrogen-bond donors (Lipinski definition) is 1. The highest BCUT2D eigenvalue weighted by molar-refractivity contribution is 7.71. The zero-order chi connectivity index (χ0) is 16.7. The summed E-state index contributed by atoms with van der Waals surface area (Å²) in [6.07, 6.45) is 1.69. The summed E-state index contributed by atoms with van der Waals surface area (Å²) in [7, 11) is 0. The van der Waals surface area contributed by atoms with Crippen molar-refractivity contribution >= 4 is 33.8 Å². The van der Waals surface area contributed by atoms with Crippen molar-refractivity contribution in [2.24, 2.45) is 0 Å². The van der Waals surface area contributed by atoms with E-state index in [0.717, 1.165) is 20.8 Å². The van der Waals surface area contributed by atoms with E-state index in [1.165, 1.54) is 11.1 Å². The van der Waals surface area contributed by atoms with Crippen molar-refractivity contribution in [1.29, 1.82) is 0 Å². The Morgan fingerprint density at radius 3 is 2.70 bits per heavy atom. The first-order valence-corrected chi connectivity index (χ1v) is 8.61. The van der Waals surface area contributed by atoms with Gasteiger partial charge in [0.25, 0.3) is 5.56 Å². The number of allylic oxidation sites excluding steroid dienone is 1. The molecule has 0 spiro atoms. The highest BCUT2D eigenvalue weighted by atomic mass is 32.1. The molecular formula is C18H18N2OS2. The van der Waals surface area contributed by atoms with E-state index in [1.807, 2.05) is 6.92 Å². The molecule has 0 aliphatic carbocycles. The standard InChI is InChI=1S/C18H18N2OS2/c1-5-8-20-17(21)15-14(12(4)23-16(15)19-18(20)22)13-7-6-10(2)11(3)9-13/h5-7,9H,1,8H2,2-4H3,(H,19,22). The normalized spacial score (nSPS) is 11.1. The van der Waals surface area contributed by atoms with Gasteiger partial charge in [-0.2, -0.15) is 0 Å². The summed E-state index contributed by atoms with van der Waals surface area (Å²) >= 11 is 6.88. The molecule has 0 saturated carbocycles. The highest BCUT2D eigenvalue weighted by Crippen LogP contribution is 2.36. The summed E-state index contributed by atoms with van der Waals surface area (Å²) in [5, 5.41) is 0.714. The number of aromatic nitrogens is 2. The first kappa shape index (κ1) is 15.9. The molecule has 0 bridgehead atoms. The minimum atomic E-state index is -0.0544. The summed E-state index contributed by atoms with van der Waals surface area (Å²) in [6, 6.07) is 6.32. The van der Waals surface area contributed by atoms with Gasteiger partial charge in [0.15, 0.2) is 4.77 Å². The second-order valence-corrected chi connectivity index (χ2v) is 7.28. The Morgan fingerprint density at radius 1 is 1.30 bits per heavy atom. The number of rotatable bonds is 3. The Hall–Kier alpha value is -1.98. The van der Waals surface area contributed by atoms with Gasteiger partial charge in [0.2, 0.25) is 0 Å². The molecule has 5 heteroatoms. The van der Waals surface area contributed by atoms with Crippen LogP contribution in [0.25, 0.3) is 21.3 Å². The molecule has 0 fully saturated rings. The second kappa shape index (κ2) is 5.91. The van der Waals surface area contributed by atoms with Crippen LogP contribution in [0.3, 0.4) is 0 Å². The summed E-state index contributed by atoms with van der Waals surface area (Å²) in [6.45, 7) is 10.3. The Bertz CT molecular complexity index is 1040. The van der Waals surface area contributed by atoms with E-state index in [4.69, 9.17) is 12.2 Å². The lowest BCUT2D eigenvalue weighted by molar-refractivity contribution is 0.754. The predicted octanol–water partition coefficient (Wildman–Crippen LogP) is 4.90. The maximum Gasteiger partial charge on any atom is 0.263 e. The van der Waals surface area contributed by atoms with Gasteiger partial charge in [-0.1, -0.05) is 24.3 Å². The van der Waals surface area contributed by atoms with Crippen LogP contribution in [-0.2, 0) is 6.54 Å². The Kier molecular flexibility index (Phi) is 4.08. The van der Waals surface area contributed by atoms with Crippen LogP contribution in [-0.4, -0.2) is 9.55 Å². The second-order valence-electron chi connectivity index (χ2n) is 5.67.